The quantitative estimate of drug-likeness (QED) is 0.536. The molecular formula is C20H23NO6. The number of rotatable bonds is 9. The number of hydrogen-bond acceptors (Lipinski definition) is 6. The molecule has 1 N–H and O–H groups in total. The van der Waals surface area contributed by atoms with Crippen LogP contribution in [0, 0.1) is 13.8 Å². The molecule has 0 amide bonds. The molecule has 1 aromatic carbocycles. The van der Waals surface area contributed by atoms with Crippen LogP contribution in [0.1, 0.15) is 46.0 Å². The van der Waals surface area contributed by atoms with Crippen LogP contribution >= 0.6 is 0 Å². The van der Waals surface area contributed by atoms with Crippen molar-refractivity contribution in [3.8, 4) is 11.5 Å². The minimum atomic E-state index is -0.678. The monoisotopic (exact) mass is 373 g/mol. The summed E-state index contributed by atoms with van der Waals surface area (Å²) in [7, 11) is 0. The van der Waals surface area contributed by atoms with Gasteiger partial charge in [-0.1, -0.05) is 12.1 Å². The molecular weight excluding hydrogens is 350 g/mol. The van der Waals surface area contributed by atoms with Crippen LogP contribution < -0.4 is 9.47 Å². The predicted molar refractivity (Wildman–Crippen MR) is 98.7 cm³/mol. The van der Waals surface area contributed by atoms with Crippen molar-refractivity contribution in [3.63, 3.8) is 0 Å². The lowest BCUT2D eigenvalue weighted by Crippen LogP contribution is -2.20. The zero-order valence-electron chi connectivity index (χ0n) is 15.9. The Kier molecular flexibility index (Phi) is 6.76. The van der Waals surface area contributed by atoms with E-state index in [-0.39, 0.29) is 18.1 Å². The largest absolute Gasteiger partial charge is 0.490 e. The van der Waals surface area contributed by atoms with E-state index in [1.54, 1.807) is 38.1 Å². The molecule has 27 heavy (non-hydrogen) atoms. The Morgan fingerprint density at radius 2 is 1.63 bits per heavy atom. The molecule has 1 aromatic heterocycles. The normalized spacial score (nSPS) is 10.4. The third kappa shape index (κ3) is 4.97. The lowest BCUT2D eigenvalue weighted by Gasteiger charge is -2.11. The molecule has 0 saturated heterocycles. The predicted octanol–water partition coefficient (Wildman–Crippen LogP) is 3.04. The van der Waals surface area contributed by atoms with Gasteiger partial charge >= 0.3 is 5.97 Å². The SMILES string of the molecule is CCOc1ccccc1OCC(=O)OCC(=O)c1[nH]c(C)c(C(C)=O)c1C. The van der Waals surface area contributed by atoms with Crippen LogP contribution in [0.2, 0.25) is 0 Å². The number of Topliss-reactive ketones (excluding diaryl/α,β-unsaturated/α-hetero) is 2. The van der Waals surface area contributed by atoms with E-state index in [4.69, 9.17) is 14.2 Å². The molecule has 1 heterocycles. The molecule has 0 saturated carbocycles. The molecule has 7 heteroatoms. The molecule has 2 rings (SSSR count). The third-order valence-electron chi connectivity index (χ3n) is 3.93. The van der Waals surface area contributed by atoms with Gasteiger partial charge in [0.25, 0.3) is 0 Å². The first-order valence-electron chi connectivity index (χ1n) is 8.58. The van der Waals surface area contributed by atoms with Gasteiger partial charge in [0.1, 0.15) is 0 Å². The molecule has 144 valence electrons. The number of para-hydroxylation sites is 2. The van der Waals surface area contributed by atoms with Crippen molar-refractivity contribution in [1.29, 1.82) is 0 Å². The van der Waals surface area contributed by atoms with E-state index in [0.717, 1.165) is 0 Å². The topological polar surface area (TPSA) is 94.7 Å². The Hall–Kier alpha value is -3.09. The molecule has 0 spiro atoms. The number of hydrogen-bond donors (Lipinski definition) is 1. The van der Waals surface area contributed by atoms with Crippen LogP contribution in [0.25, 0.3) is 0 Å². The number of carbonyl (C=O) groups excluding carboxylic acids is 3. The standard InChI is InChI=1S/C20H23NO6/c1-5-25-16-8-6-7-9-17(16)26-11-18(24)27-10-15(23)20-12(2)19(14(4)22)13(3)21-20/h6-9,21H,5,10-11H2,1-4H3. The van der Waals surface area contributed by atoms with Crippen LogP contribution in [0.4, 0.5) is 0 Å². The number of carbonyl (C=O) groups is 3. The highest BCUT2D eigenvalue weighted by molar-refractivity contribution is 6.04. The third-order valence-corrected chi connectivity index (χ3v) is 3.93. The summed E-state index contributed by atoms with van der Waals surface area (Å²) in [5, 5.41) is 0. The van der Waals surface area contributed by atoms with Gasteiger partial charge in [0, 0.05) is 11.3 Å². The van der Waals surface area contributed by atoms with Gasteiger partial charge in [-0.15, -0.1) is 0 Å². The maximum absolute atomic E-state index is 12.3. The Bertz CT molecular complexity index is 852. The van der Waals surface area contributed by atoms with E-state index >= 15 is 0 Å². The van der Waals surface area contributed by atoms with E-state index in [0.29, 0.717) is 34.9 Å². The first kappa shape index (κ1) is 20.2. The summed E-state index contributed by atoms with van der Waals surface area (Å²) in [6, 6.07) is 6.97. The van der Waals surface area contributed by atoms with Crippen LogP contribution in [-0.4, -0.2) is 42.3 Å². The first-order chi connectivity index (χ1) is 12.8. The van der Waals surface area contributed by atoms with Gasteiger partial charge in [0.15, 0.2) is 30.5 Å². The van der Waals surface area contributed by atoms with Crippen molar-refractivity contribution in [2.75, 3.05) is 19.8 Å². The lowest BCUT2D eigenvalue weighted by atomic mass is 10.1. The van der Waals surface area contributed by atoms with E-state index in [2.05, 4.69) is 4.98 Å². The number of benzene rings is 1. The van der Waals surface area contributed by atoms with Gasteiger partial charge in [-0.3, -0.25) is 9.59 Å². The molecule has 0 atom stereocenters. The summed E-state index contributed by atoms with van der Waals surface area (Å²) < 4.78 is 15.8. The van der Waals surface area contributed by atoms with Gasteiger partial charge in [-0.2, -0.15) is 0 Å². The lowest BCUT2D eigenvalue weighted by molar-refractivity contribution is -0.144. The number of aromatic amines is 1. The van der Waals surface area contributed by atoms with Gasteiger partial charge in [-0.25, -0.2) is 4.79 Å². The highest BCUT2D eigenvalue weighted by Gasteiger charge is 2.21. The molecule has 7 nitrogen and oxygen atoms in total. The highest BCUT2D eigenvalue weighted by Crippen LogP contribution is 2.26. The highest BCUT2D eigenvalue weighted by atomic mass is 16.6. The Morgan fingerprint density at radius 1 is 1.00 bits per heavy atom. The zero-order chi connectivity index (χ0) is 20.0. The summed E-state index contributed by atoms with van der Waals surface area (Å²) in [5.41, 5.74) is 1.93. The first-order valence-corrected chi connectivity index (χ1v) is 8.58. The molecule has 0 radical (unpaired) electrons. The van der Waals surface area contributed by atoms with Gasteiger partial charge < -0.3 is 19.2 Å². The molecule has 0 bridgehead atoms. The minimum Gasteiger partial charge on any atom is -0.490 e. The minimum absolute atomic E-state index is 0.126. The molecule has 0 aliphatic heterocycles. The summed E-state index contributed by atoms with van der Waals surface area (Å²) in [6.45, 7) is 6.37. The number of ketones is 2. The number of ether oxygens (including phenoxy) is 3. The fourth-order valence-electron chi connectivity index (χ4n) is 2.80. The summed E-state index contributed by atoms with van der Waals surface area (Å²) in [6.07, 6.45) is 0. The average Bonchev–Trinajstić information content (AvgIpc) is 2.93. The molecule has 0 fully saturated rings. The molecule has 0 unspecified atom stereocenters. The fraction of sp³-hybridized carbons (Fsp3) is 0.350. The Balaban J connectivity index is 1.92. The van der Waals surface area contributed by atoms with Crippen molar-refractivity contribution in [2.45, 2.75) is 27.7 Å². The fourth-order valence-corrected chi connectivity index (χ4v) is 2.80. The number of esters is 1. The molecule has 0 aliphatic rings. The van der Waals surface area contributed by atoms with E-state index in [1.807, 2.05) is 6.92 Å². The number of aryl methyl sites for hydroxylation is 1. The van der Waals surface area contributed by atoms with E-state index in [9.17, 15) is 14.4 Å². The van der Waals surface area contributed by atoms with Crippen molar-refractivity contribution >= 4 is 17.5 Å². The molecule has 0 aliphatic carbocycles. The van der Waals surface area contributed by atoms with Crippen LogP contribution in [0.15, 0.2) is 24.3 Å². The van der Waals surface area contributed by atoms with Gasteiger partial charge in [0.05, 0.1) is 12.3 Å². The Morgan fingerprint density at radius 3 is 2.19 bits per heavy atom. The Labute approximate surface area is 157 Å². The second-order valence-corrected chi connectivity index (χ2v) is 5.93. The second-order valence-electron chi connectivity index (χ2n) is 5.93. The van der Waals surface area contributed by atoms with Crippen LogP contribution in [-0.2, 0) is 9.53 Å². The van der Waals surface area contributed by atoms with Crippen LogP contribution in [0.3, 0.4) is 0 Å². The van der Waals surface area contributed by atoms with Crippen LogP contribution in [0.5, 0.6) is 11.5 Å². The maximum atomic E-state index is 12.3. The van der Waals surface area contributed by atoms with Crippen molar-refractivity contribution in [2.24, 2.45) is 0 Å². The van der Waals surface area contributed by atoms with Gasteiger partial charge in [0.2, 0.25) is 5.78 Å². The number of H-pyrrole nitrogens is 1. The summed E-state index contributed by atoms with van der Waals surface area (Å²) in [5.74, 6) is -0.269. The summed E-state index contributed by atoms with van der Waals surface area (Å²) >= 11 is 0. The second kappa shape index (κ2) is 9.02. The molecule has 2 aromatic rings. The number of nitrogens with one attached hydrogen (secondary N) is 1. The van der Waals surface area contributed by atoms with E-state index < -0.39 is 18.4 Å². The maximum Gasteiger partial charge on any atom is 0.344 e. The smallest absolute Gasteiger partial charge is 0.344 e. The van der Waals surface area contributed by atoms with E-state index in [1.165, 1.54) is 6.92 Å². The average molecular weight is 373 g/mol. The van der Waals surface area contributed by atoms with Crippen molar-refractivity contribution in [1.82, 2.24) is 4.98 Å². The number of aromatic nitrogens is 1. The van der Waals surface area contributed by atoms with Crippen molar-refractivity contribution < 1.29 is 28.6 Å². The van der Waals surface area contributed by atoms with Crippen molar-refractivity contribution in [3.05, 3.63) is 46.8 Å². The zero-order valence-corrected chi connectivity index (χ0v) is 15.9. The van der Waals surface area contributed by atoms with Gasteiger partial charge in [-0.05, 0) is 45.4 Å². The summed E-state index contributed by atoms with van der Waals surface area (Å²) in [4.78, 5) is 38.7.